The number of nitrogens with one attached hydrogen (secondary N) is 1. The van der Waals surface area contributed by atoms with Gasteiger partial charge in [0.1, 0.15) is 0 Å². The predicted molar refractivity (Wildman–Crippen MR) is 56.9 cm³/mol. The number of ether oxygens (including phenoxy) is 1. The summed E-state index contributed by atoms with van der Waals surface area (Å²) in [4.78, 5) is 5.18. The lowest BCUT2D eigenvalue weighted by Crippen LogP contribution is -2.05. The molecule has 5 heteroatoms. The van der Waals surface area contributed by atoms with Crippen molar-refractivity contribution < 1.29 is 4.74 Å². The van der Waals surface area contributed by atoms with Gasteiger partial charge in [0.25, 0.3) is 0 Å². The van der Waals surface area contributed by atoms with E-state index < -0.39 is 0 Å². The van der Waals surface area contributed by atoms with Gasteiger partial charge in [-0.05, 0) is 12.3 Å². The summed E-state index contributed by atoms with van der Waals surface area (Å²) in [5.74, 6) is 6.17. The monoisotopic (exact) mass is 213 g/mol. The number of hydrazine groups is 1. The van der Waals surface area contributed by atoms with Gasteiger partial charge in [0.15, 0.2) is 5.13 Å². The third-order valence-corrected chi connectivity index (χ3v) is 3.19. The first-order chi connectivity index (χ1) is 6.88. The average Bonchev–Trinajstić information content (AvgIpc) is 2.91. The van der Waals surface area contributed by atoms with Gasteiger partial charge in [0.2, 0.25) is 0 Å². The van der Waals surface area contributed by atoms with Crippen LogP contribution in [0.2, 0.25) is 0 Å². The van der Waals surface area contributed by atoms with E-state index in [1.807, 2.05) is 0 Å². The number of aromatic nitrogens is 1. The van der Waals surface area contributed by atoms with Gasteiger partial charge in [-0.1, -0.05) is 24.2 Å². The highest BCUT2D eigenvalue weighted by molar-refractivity contribution is 7.15. The van der Waals surface area contributed by atoms with Crippen molar-refractivity contribution >= 4 is 16.5 Å². The van der Waals surface area contributed by atoms with Gasteiger partial charge in [-0.2, -0.15) is 0 Å². The van der Waals surface area contributed by atoms with E-state index in [4.69, 9.17) is 10.6 Å². The normalized spacial score (nSPS) is 15.8. The molecule has 1 aliphatic rings. The number of nitrogens with zero attached hydrogens (tertiary/aromatic N) is 1. The van der Waals surface area contributed by atoms with Crippen LogP contribution >= 0.6 is 11.3 Å². The highest BCUT2D eigenvalue weighted by atomic mass is 32.1. The van der Waals surface area contributed by atoms with Gasteiger partial charge >= 0.3 is 0 Å². The summed E-state index contributed by atoms with van der Waals surface area (Å²) in [5, 5.41) is 0.741. The lowest BCUT2D eigenvalue weighted by molar-refractivity contribution is 0.117. The van der Waals surface area contributed by atoms with Crippen molar-refractivity contribution in [2.45, 2.75) is 25.9 Å². The van der Waals surface area contributed by atoms with E-state index in [9.17, 15) is 0 Å². The standard InChI is InChI=1S/C9H15N3OS/c10-12-9-11-5-8(14-9)6-13-4-3-7-1-2-7/h5,7H,1-4,6,10H2,(H,11,12). The second kappa shape index (κ2) is 4.72. The van der Waals surface area contributed by atoms with Gasteiger partial charge in [0.05, 0.1) is 11.5 Å². The largest absolute Gasteiger partial charge is 0.376 e. The lowest BCUT2D eigenvalue weighted by Gasteiger charge is -1.99. The number of nitrogen functional groups attached to an aromatic ring is 1. The number of nitrogens with two attached hydrogens (primary N) is 1. The molecule has 0 saturated heterocycles. The van der Waals surface area contributed by atoms with Crippen LogP contribution in [-0.4, -0.2) is 11.6 Å². The van der Waals surface area contributed by atoms with Gasteiger partial charge in [-0.3, -0.25) is 5.43 Å². The van der Waals surface area contributed by atoms with Crippen molar-refractivity contribution in [1.29, 1.82) is 0 Å². The van der Waals surface area contributed by atoms with E-state index in [2.05, 4.69) is 10.4 Å². The number of hydrogen-bond donors (Lipinski definition) is 2. The van der Waals surface area contributed by atoms with Crippen molar-refractivity contribution in [1.82, 2.24) is 4.98 Å². The molecule has 0 radical (unpaired) electrons. The SMILES string of the molecule is NNc1ncc(COCCC2CC2)s1. The highest BCUT2D eigenvalue weighted by Crippen LogP contribution is 2.32. The van der Waals surface area contributed by atoms with Crippen molar-refractivity contribution in [3.8, 4) is 0 Å². The Hall–Kier alpha value is -0.650. The van der Waals surface area contributed by atoms with Gasteiger partial charge in [-0.15, -0.1) is 0 Å². The van der Waals surface area contributed by atoms with Crippen LogP contribution in [-0.2, 0) is 11.3 Å². The first kappa shape index (κ1) is 9.89. The average molecular weight is 213 g/mol. The maximum Gasteiger partial charge on any atom is 0.197 e. The third kappa shape index (κ3) is 2.94. The van der Waals surface area contributed by atoms with Crippen LogP contribution in [0.3, 0.4) is 0 Å². The van der Waals surface area contributed by atoms with Crippen LogP contribution in [0.15, 0.2) is 6.20 Å². The molecular formula is C9H15N3OS. The summed E-state index contributed by atoms with van der Waals surface area (Å²) in [6.07, 6.45) is 5.80. The Morgan fingerprint density at radius 1 is 1.64 bits per heavy atom. The number of thiazole rings is 1. The molecule has 1 saturated carbocycles. The minimum absolute atomic E-state index is 0.659. The molecule has 1 aromatic rings. The molecule has 2 rings (SSSR count). The maximum atomic E-state index is 5.53. The number of rotatable bonds is 6. The summed E-state index contributed by atoms with van der Waals surface area (Å²) in [6, 6.07) is 0. The minimum atomic E-state index is 0.659. The fourth-order valence-electron chi connectivity index (χ4n) is 1.27. The molecule has 1 heterocycles. The van der Waals surface area contributed by atoms with Crippen LogP contribution in [0.1, 0.15) is 24.1 Å². The molecule has 0 unspecified atom stereocenters. The van der Waals surface area contributed by atoms with E-state index in [-0.39, 0.29) is 0 Å². The van der Waals surface area contributed by atoms with Crippen molar-refractivity contribution in [3.05, 3.63) is 11.1 Å². The Kier molecular flexibility index (Phi) is 3.34. The molecule has 0 aliphatic heterocycles. The summed E-state index contributed by atoms with van der Waals surface area (Å²) < 4.78 is 5.53. The van der Waals surface area contributed by atoms with E-state index in [0.29, 0.717) is 6.61 Å². The third-order valence-electron chi connectivity index (χ3n) is 2.29. The zero-order chi connectivity index (χ0) is 9.80. The van der Waals surface area contributed by atoms with Crippen molar-refractivity contribution in [2.24, 2.45) is 11.8 Å². The van der Waals surface area contributed by atoms with Crippen molar-refractivity contribution in [2.75, 3.05) is 12.0 Å². The second-order valence-corrected chi connectivity index (χ2v) is 4.68. The molecule has 1 aromatic heterocycles. The van der Waals surface area contributed by atoms with Gasteiger partial charge < -0.3 is 4.74 Å². The van der Waals surface area contributed by atoms with Gasteiger partial charge in [0, 0.05) is 12.8 Å². The minimum Gasteiger partial charge on any atom is -0.376 e. The maximum absolute atomic E-state index is 5.53. The first-order valence-electron chi connectivity index (χ1n) is 4.87. The van der Waals surface area contributed by atoms with Crippen LogP contribution in [0.4, 0.5) is 5.13 Å². The summed E-state index contributed by atoms with van der Waals surface area (Å²) in [7, 11) is 0. The molecule has 0 atom stereocenters. The molecule has 14 heavy (non-hydrogen) atoms. The second-order valence-electron chi connectivity index (χ2n) is 3.56. The van der Waals surface area contributed by atoms with Gasteiger partial charge in [-0.25, -0.2) is 10.8 Å². The summed E-state index contributed by atoms with van der Waals surface area (Å²) in [5.41, 5.74) is 2.52. The van der Waals surface area contributed by atoms with E-state index in [0.717, 1.165) is 22.5 Å². The molecule has 1 fully saturated rings. The number of hydrogen-bond acceptors (Lipinski definition) is 5. The molecule has 1 aliphatic carbocycles. The zero-order valence-electron chi connectivity index (χ0n) is 8.03. The molecule has 0 spiro atoms. The Morgan fingerprint density at radius 2 is 2.50 bits per heavy atom. The Morgan fingerprint density at radius 3 is 3.14 bits per heavy atom. The van der Waals surface area contributed by atoms with Crippen molar-refractivity contribution in [3.63, 3.8) is 0 Å². The molecule has 0 amide bonds. The first-order valence-corrected chi connectivity index (χ1v) is 5.69. The fraction of sp³-hybridized carbons (Fsp3) is 0.667. The van der Waals surface area contributed by atoms with Crippen LogP contribution in [0.5, 0.6) is 0 Å². The molecule has 0 bridgehead atoms. The quantitative estimate of drug-likeness (QED) is 0.429. The lowest BCUT2D eigenvalue weighted by atomic mass is 10.3. The smallest absolute Gasteiger partial charge is 0.197 e. The summed E-state index contributed by atoms with van der Waals surface area (Å²) >= 11 is 1.54. The summed E-state index contributed by atoms with van der Waals surface area (Å²) in [6.45, 7) is 1.53. The molecule has 4 nitrogen and oxygen atoms in total. The number of anilines is 1. The Bertz CT molecular complexity index is 285. The molecule has 78 valence electrons. The van der Waals surface area contributed by atoms with Crippen LogP contribution in [0, 0.1) is 5.92 Å². The molecule has 3 N–H and O–H groups in total. The van der Waals surface area contributed by atoms with Crippen LogP contribution in [0.25, 0.3) is 0 Å². The van der Waals surface area contributed by atoms with E-state index in [1.54, 1.807) is 6.20 Å². The topological polar surface area (TPSA) is 60.2 Å². The fourth-order valence-corrected chi connectivity index (χ4v) is 1.93. The highest BCUT2D eigenvalue weighted by Gasteiger charge is 2.20. The Labute approximate surface area is 87.4 Å². The van der Waals surface area contributed by atoms with Crippen LogP contribution < -0.4 is 11.3 Å². The predicted octanol–water partition coefficient (Wildman–Crippen LogP) is 1.75. The molecule has 0 aromatic carbocycles. The van der Waals surface area contributed by atoms with E-state index in [1.165, 1.54) is 30.6 Å². The zero-order valence-corrected chi connectivity index (χ0v) is 8.85. The van der Waals surface area contributed by atoms with E-state index >= 15 is 0 Å². The molecular weight excluding hydrogens is 198 g/mol. The Balaban J connectivity index is 1.63.